The number of nitrogens with zero attached hydrogens (tertiary/aromatic N) is 2. The second kappa shape index (κ2) is 9.82. The lowest BCUT2D eigenvalue weighted by molar-refractivity contribution is -0.115. The first kappa shape index (κ1) is 20.5. The van der Waals surface area contributed by atoms with E-state index in [9.17, 15) is 9.59 Å². The molecule has 1 aliphatic rings. The number of benzene rings is 2. The summed E-state index contributed by atoms with van der Waals surface area (Å²) in [7, 11) is 1.62. The molecule has 1 saturated heterocycles. The zero-order chi connectivity index (χ0) is 20.6. The molecule has 29 heavy (non-hydrogen) atoms. The molecule has 0 aromatic heterocycles. The van der Waals surface area contributed by atoms with Crippen molar-refractivity contribution in [3.63, 3.8) is 0 Å². The fourth-order valence-corrected chi connectivity index (χ4v) is 3.25. The maximum absolute atomic E-state index is 12.3. The molecule has 1 heterocycles. The average Bonchev–Trinajstić information content (AvgIpc) is 2.75. The van der Waals surface area contributed by atoms with Gasteiger partial charge in [0.25, 0.3) is 0 Å². The van der Waals surface area contributed by atoms with Crippen LogP contribution in [0.4, 0.5) is 16.2 Å². The van der Waals surface area contributed by atoms with Gasteiger partial charge in [-0.15, -0.1) is 0 Å². The van der Waals surface area contributed by atoms with Gasteiger partial charge in [-0.2, -0.15) is 0 Å². The molecule has 0 radical (unpaired) electrons. The molecule has 2 amide bonds. The van der Waals surface area contributed by atoms with Gasteiger partial charge >= 0.3 is 6.09 Å². The molecule has 7 heteroatoms. The minimum atomic E-state index is -0.248. The minimum absolute atomic E-state index is 0.0639. The molecule has 2 aromatic carbocycles. The highest BCUT2D eigenvalue weighted by Crippen LogP contribution is 2.20. The third-order valence-electron chi connectivity index (χ3n) is 4.85. The van der Waals surface area contributed by atoms with E-state index in [-0.39, 0.29) is 12.0 Å². The molecule has 1 fully saturated rings. The Hall–Kier alpha value is -3.22. The number of amides is 2. The van der Waals surface area contributed by atoms with Crippen molar-refractivity contribution < 1.29 is 19.1 Å². The smallest absolute Gasteiger partial charge is 0.409 e. The van der Waals surface area contributed by atoms with Crippen molar-refractivity contribution in [3.8, 4) is 5.75 Å². The Balaban J connectivity index is 1.49. The molecule has 0 spiro atoms. The van der Waals surface area contributed by atoms with Crippen molar-refractivity contribution >= 4 is 23.4 Å². The highest BCUT2D eigenvalue weighted by Gasteiger charge is 2.22. The van der Waals surface area contributed by atoms with Crippen molar-refractivity contribution in [1.29, 1.82) is 0 Å². The molecular weight excluding hydrogens is 370 g/mol. The standard InChI is InChI=1S/C22H27N3O4/c1-3-29-22(27)25-14-12-24(13-15-25)19-8-6-18(7-9-19)23-21(26)16-17-4-10-20(28-2)11-5-17/h4-11H,3,12-16H2,1-2H3,(H,23,26). The molecule has 154 valence electrons. The summed E-state index contributed by atoms with van der Waals surface area (Å²) in [6.45, 7) is 4.98. The summed E-state index contributed by atoms with van der Waals surface area (Å²) in [5.74, 6) is 0.707. The van der Waals surface area contributed by atoms with E-state index in [2.05, 4.69) is 10.2 Å². The third-order valence-corrected chi connectivity index (χ3v) is 4.85. The topological polar surface area (TPSA) is 71.1 Å². The Labute approximate surface area is 171 Å². The van der Waals surface area contributed by atoms with Crippen LogP contribution in [-0.2, 0) is 16.0 Å². The number of rotatable bonds is 6. The van der Waals surface area contributed by atoms with E-state index >= 15 is 0 Å². The number of carbonyl (C=O) groups is 2. The first-order valence-electron chi connectivity index (χ1n) is 9.78. The number of hydrogen-bond acceptors (Lipinski definition) is 5. The number of methoxy groups -OCH3 is 1. The average molecular weight is 397 g/mol. The maximum atomic E-state index is 12.3. The molecule has 0 atom stereocenters. The summed E-state index contributed by atoms with van der Waals surface area (Å²) in [6.07, 6.45) is 0.0590. The minimum Gasteiger partial charge on any atom is -0.497 e. The number of carbonyl (C=O) groups excluding carboxylic acids is 2. The fraction of sp³-hybridized carbons (Fsp3) is 0.364. The first-order valence-corrected chi connectivity index (χ1v) is 9.78. The first-order chi connectivity index (χ1) is 14.1. The van der Waals surface area contributed by atoms with Gasteiger partial charge < -0.3 is 24.6 Å². The molecule has 0 bridgehead atoms. The summed E-state index contributed by atoms with van der Waals surface area (Å²) in [6, 6.07) is 15.2. The van der Waals surface area contributed by atoms with Crippen molar-refractivity contribution in [2.45, 2.75) is 13.3 Å². The van der Waals surface area contributed by atoms with E-state index in [1.54, 1.807) is 12.0 Å². The quantitative estimate of drug-likeness (QED) is 0.811. The number of hydrogen-bond donors (Lipinski definition) is 1. The molecule has 1 aliphatic heterocycles. The number of anilines is 2. The van der Waals surface area contributed by atoms with Crippen LogP contribution < -0.4 is 15.0 Å². The Morgan fingerprint density at radius 1 is 0.966 bits per heavy atom. The summed E-state index contributed by atoms with van der Waals surface area (Å²) < 4.78 is 10.2. The Bertz CT molecular complexity index is 813. The highest BCUT2D eigenvalue weighted by atomic mass is 16.6. The normalized spacial score (nSPS) is 13.7. The lowest BCUT2D eigenvalue weighted by Gasteiger charge is -2.35. The van der Waals surface area contributed by atoms with Gasteiger partial charge in [0.1, 0.15) is 5.75 Å². The van der Waals surface area contributed by atoms with E-state index in [0.717, 1.165) is 35.8 Å². The second-order valence-electron chi connectivity index (χ2n) is 6.79. The highest BCUT2D eigenvalue weighted by molar-refractivity contribution is 5.92. The van der Waals surface area contributed by atoms with Gasteiger partial charge in [-0.25, -0.2) is 4.79 Å². The van der Waals surface area contributed by atoms with Crippen LogP contribution in [-0.4, -0.2) is 56.8 Å². The lowest BCUT2D eigenvalue weighted by atomic mass is 10.1. The van der Waals surface area contributed by atoms with Crippen molar-refractivity contribution in [2.24, 2.45) is 0 Å². The van der Waals surface area contributed by atoms with Gasteiger partial charge in [0.15, 0.2) is 0 Å². The Morgan fingerprint density at radius 2 is 1.62 bits per heavy atom. The molecule has 0 unspecified atom stereocenters. The molecule has 3 rings (SSSR count). The predicted molar refractivity (Wildman–Crippen MR) is 113 cm³/mol. The summed E-state index contributed by atoms with van der Waals surface area (Å²) in [5.41, 5.74) is 2.76. The number of ether oxygens (including phenoxy) is 2. The predicted octanol–water partition coefficient (Wildman–Crippen LogP) is 3.15. The van der Waals surface area contributed by atoms with E-state index in [4.69, 9.17) is 9.47 Å². The molecule has 2 aromatic rings. The number of nitrogens with one attached hydrogen (secondary N) is 1. The fourth-order valence-electron chi connectivity index (χ4n) is 3.25. The van der Waals surface area contributed by atoms with Gasteiger partial charge in [-0.3, -0.25) is 4.79 Å². The molecular formula is C22H27N3O4. The van der Waals surface area contributed by atoms with Crippen molar-refractivity contribution in [1.82, 2.24) is 4.90 Å². The van der Waals surface area contributed by atoms with E-state index in [1.807, 2.05) is 55.5 Å². The molecule has 7 nitrogen and oxygen atoms in total. The van der Waals surface area contributed by atoms with Gasteiger partial charge in [0, 0.05) is 37.6 Å². The van der Waals surface area contributed by atoms with E-state index in [1.165, 1.54) is 0 Å². The van der Waals surface area contributed by atoms with Crippen LogP contribution in [0.5, 0.6) is 5.75 Å². The van der Waals surface area contributed by atoms with Crippen LogP contribution in [0, 0.1) is 0 Å². The monoisotopic (exact) mass is 397 g/mol. The number of piperazine rings is 1. The largest absolute Gasteiger partial charge is 0.497 e. The zero-order valence-electron chi connectivity index (χ0n) is 16.9. The van der Waals surface area contributed by atoms with Crippen LogP contribution in [0.3, 0.4) is 0 Å². The Kier molecular flexibility index (Phi) is 6.94. The maximum Gasteiger partial charge on any atom is 0.409 e. The van der Waals surface area contributed by atoms with Crippen LogP contribution in [0.2, 0.25) is 0 Å². The van der Waals surface area contributed by atoms with Gasteiger partial charge in [0.05, 0.1) is 20.1 Å². The zero-order valence-corrected chi connectivity index (χ0v) is 16.9. The van der Waals surface area contributed by atoms with E-state index < -0.39 is 0 Å². The van der Waals surface area contributed by atoms with Crippen molar-refractivity contribution in [3.05, 3.63) is 54.1 Å². The van der Waals surface area contributed by atoms with Crippen LogP contribution in [0.15, 0.2) is 48.5 Å². The van der Waals surface area contributed by atoms with Gasteiger partial charge in [0.2, 0.25) is 5.91 Å². The summed E-state index contributed by atoms with van der Waals surface area (Å²) in [5, 5.41) is 2.93. The SMILES string of the molecule is CCOC(=O)N1CCN(c2ccc(NC(=O)Cc3ccc(OC)cc3)cc2)CC1. The summed E-state index contributed by atoms with van der Waals surface area (Å²) >= 11 is 0. The summed E-state index contributed by atoms with van der Waals surface area (Å²) in [4.78, 5) is 28.0. The Morgan fingerprint density at radius 3 is 2.21 bits per heavy atom. The van der Waals surface area contributed by atoms with Crippen LogP contribution in [0.25, 0.3) is 0 Å². The molecule has 0 aliphatic carbocycles. The second-order valence-corrected chi connectivity index (χ2v) is 6.79. The van der Waals surface area contributed by atoms with Crippen LogP contribution in [0.1, 0.15) is 12.5 Å². The van der Waals surface area contributed by atoms with Crippen molar-refractivity contribution in [2.75, 3.05) is 50.1 Å². The molecule has 1 N–H and O–H groups in total. The van der Waals surface area contributed by atoms with Crippen LogP contribution >= 0.6 is 0 Å². The van der Waals surface area contributed by atoms with Gasteiger partial charge in [-0.1, -0.05) is 12.1 Å². The third kappa shape index (κ3) is 5.63. The van der Waals surface area contributed by atoms with E-state index in [0.29, 0.717) is 26.1 Å². The molecule has 0 saturated carbocycles. The lowest BCUT2D eigenvalue weighted by Crippen LogP contribution is -2.49. The van der Waals surface area contributed by atoms with Gasteiger partial charge in [-0.05, 0) is 48.9 Å².